The highest BCUT2D eigenvalue weighted by Gasteiger charge is 2.20. The summed E-state index contributed by atoms with van der Waals surface area (Å²) in [5.74, 6) is 0. The van der Waals surface area contributed by atoms with Gasteiger partial charge in [-0.2, -0.15) is 5.26 Å². The number of nitrogens with zero attached hydrogens (tertiary/aromatic N) is 3. The molecule has 0 atom stereocenters. The third-order valence-corrected chi connectivity index (χ3v) is 10.1. The highest BCUT2D eigenvalue weighted by Crippen LogP contribution is 2.45. The van der Waals surface area contributed by atoms with Gasteiger partial charge in [-0.3, -0.25) is 0 Å². The second-order valence-corrected chi connectivity index (χ2v) is 12.9. The number of rotatable bonds is 5. The first-order chi connectivity index (χ1) is 24.8. The van der Waals surface area contributed by atoms with Crippen LogP contribution in [0.25, 0.3) is 70.9 Å². The molecule has 1 aromatic heterocycles. The van der Waals surface area contributed by atoms with E-state index in [1.165, 1.54) is 49.0 Å². The van der Waals surface area contributed by atoms with Crippen LogP contribution in [0.5, 0.6) is 0 Å². The zero-order chi connectivity index (χ0) is 33.2. The predicted molar refractivity (Wildman–Crippen MR) is 209 cm³/mol. The van der Waals surface area contributed by atoms with Crippen molar-refractivity contribution < 1.29 is 0 Å². The highest BCUT2D eigenvalue weighted by atomic mass is 15.1. The van der Waals surface area contributed by atoms with Gasteiger partial charge in [0.15, 0.2) is 0 Å². The molecule has 3 nitrogen and oxygen atoms in total. The molecule has 0 fully saturated rings. The Morgan fingerprint density at radius 1 is 0.460 bits per heavy atom. The Balaban J connectivity index is 1.19. The van der Waals surface area contributed by atoms with Gasteiger partial charge in [-0.25, -0.2) is 0 Å². The largest absolute Gasteiger partial charge is 0.311 e. The normalized spacial score (nSPS) is 11.6. The van der Waals surface area contributed by atoms with Gasteiger partial charge < -0.3 is 9.47 Å². The Bertz CT molecular complexity index is 2860. The monoisotopic (exact) mass is 635 g/mol. The van der Waals surface area contributed by atoms with Gasteiger partial charge >= 0.3 is 0 Å². The van der Waals surface area contributed by atoms with E-state index in [0.717, 1.165) is 39.0 Å². The molecule has 232 valence electrons. The fourth-order valence-electron chi connectivity index (χ4n) is 7.93. The maximum atomic E-state index is 9.79. The van der Waals surface area contributed by atoms with Crippen LogP contribution < -0.4 is 4.90 Å². The van der Waals surface area contributed by atoms with Gasteiger partial charge in [0.1, 0.15) is 0 Å². The van der Waals surface area contributed by atoms with E-state index in [9.17, 15) is 5.26 Å². The number of aromatic nitrogens is 1. The standard InChI is InChI=1S/C47H29N3/c48-30-31-16-27-44-42(28-31)43-29-34-21-25-40-39(24-19-33-20-26-41(46(34)45(33)40)47(43)50(44)37-14-8-3-9-15-37)32-17-22-38(23-18-32)49(35-10-4-1-5-11-35)36-12-6-2-7-13-36/h1-29H. The summed E-state index contributed by atoms with van der Waals surface area (Å²) >= 11 is 0. The van der Waals surface area contributed by atoms with Crippen LogP contribution in [0.2, 0.25) is 0 Å². The minimum atomic E-state index is 0.668. The molecule has 0 aliphatic rings. The van der Waals surface area contributed by atoms with Crippen molar-refractivity contribution in [1.29, 1.82) is 5.26 Å². The van der Waals surface area contributed by atoms with E-state index in [4.69, 9.17) is 0 Å². The third kappa shape index (κ3) is 4.23. The SMILES string of the molecule is N#Cc1ccc2c(c1)c1cc3ccc4c(-c5ccc(N(c6ccccc6)c6ccccc6)cc5)ccc5ccc(c3c54)c1n2-c1ccccc1. The number of anilines is 3. The average molecular weight is 636 g/mol. The van der Waals surface area contributed by atoms with E-state index in [1.807, 2.05) is 12.1 Å². The van der Waals surface area contributed by atoms with Crippen molar-refractivity contribution in [3.05, 3.63) is 181 Å². The maximum absolute atomic E-state index is 9.79. The molecule has 9 aromatic carbocycles. The number of fused-ring (bicyclic) bond motifs is 4. The number of hydrogen-bond acceptors (Lipinski definition) is 2. The molecule has 0 amide bonds. The predicted octanol–water partition coefficient (Wildman–Crippen LogP) is 12.7. The van der Waals surface area contributed by atoms with Crippen LogP contribution in [0, 0.1) is 11.3 Å². The summed E-state index contributed by atoms with van der Waals surface area (Å²) in [4.78, 5) is 2.30. The zero-order valence-electron chi connectivity index (χ0n) is 27.1. The second-order valence-electron chi connectivity index (χ2n) is 12.9. The number of benzene rings is 9. The summed E-state index contributed by atoms with van der Waals surface area (Å²) in [6.07, 6.45) is 0. The molecule has 0 aliphatic carbocycles. The highest BCUT2D eigenvalue weighted by molar-refractivity contribution is 6.32. The van der Waals surface area contributed by atoms with E-state index in [1.54, 1.807) is 0 Å². The summed E-state index contributed by atoms with van der Waals surface area (Å²) in [6.45, 7) is 0. The Morgan fingerprint density at radius 3 is 1.76 bits per heavy atom. The van der Waals surface area contributed by atoms with Crippen molar-refractivity contribution in [3.63, 3.8) is 0 Å². The fraction of sp³-hybridized carbons (Fsp3) is 0. The lowest BCUT2D eigenvalue weighted by Crippen LogP contribution is -2.09. The number of para-hydroxylation sites is 3. The summed E-state index contributed by atoms with van der Waals surface area (Å²) < 4.78 is 2.36. The van der Waals surface area contributed by atoms with Crippen molar-refractivity contribution in [3.8, 4) is 22.9 Å². The van der Waals surface area contributed by atoms with Gasteiger partial charge in [0.05, 0.1) is 22.7 Å². The molecule has 0 aliphatic heterocycles. The van der Waals surface area contributed by atoms with Crippen molar-refractivity contribution in [2.24, 2.45) is 0 Å². The molecule has 0 radical (unpaired) electrons. The Morgan fingerprint density at radius 2 is 1.06 bits per heavy atom. The van der Waals surface area contributed by atoms with Gasteiger partial charge in [-0.1, -0.05) is 103 Å². The van der Waals surface area contributed by atoms with Crippen molar-refractivity contribution >= 4 is 71.2 Å². The van der Waals surface area contributed by atoms with E-state index in [2.05, 4.69) is 179 Å². The fourth-order valence-corrected chi connectivity index (χ4v) is 7.93. The molecular formula is C47H29N3. The Hall–Kier alpha value is -6.89. The molecule has 1 heterocycles. The lowest BCUT2D eigenvalue weighted by Gasteiger charge is -2.25. The Kier molecular flexibility index (Phi) is 6.24. The summed E-state index contributed by atoms with van der Waals surface area (Å²) in [5, 5.41) is 19.5. The maximum Gasteiger partial charge on any atom is 0.0991 e. The van der Waals surface area contributed by atoms with Crippen molar-refractivity contribution in [2.75, 3.05) is 4.90 Å². The first kappa shape index (κ1) is 28.2. The van der Waals surface area contributed by atoms with E-state index < -0.39 is 0 Å². The first-order valence-corrected chi connectivity index (χ1v) is 16.9. The second kappa shape index (κ2) is 11.1. The molecule has 10 aromatic rings. The average Bonchev–Trinajstić information content (AvgIpc) is 3.51. The molecule has 10 rings (SSSR count). The molecular weight excluding hydrogens is 607 g/mol. The minimum absolute atomic E-state index is 0.668. The molecule has 0 saturated carbocycles. The smallest absolute Gasteiger partial charge is 0.0991 e. The van der Waals surface area contributed by atoms with Gasteiger partial charge in [-0.15, -0.1) is 0 Å². The van der Waals surface area contributed by atoms with Crippen LogP contribution in [0.1, 0.15) is 5.56 Å². The molecule has 0 spiro atoms. The molecule has 50 heavy (non-hydrogen) atoms. The van der Waals surface area contributed by atoms with Crippen LogP contribution in [0.15, 0.2) is 176 Å². The first-order valence-electron chi connectivity index (χ1n) is 16.9. The quantitative estimate of drug-likeness (QED) is 0.176. The summed E-state index contributed by atoms with van der Waals surface area (Å²) in [7, 11) is 0. The van der Waals surface area contributed by atoms with E-state index in [-0.39, 0.29) is 0 Å². The lowest BCUT2D eigenvalue weighted by molar-refractivity contribution is 1.19. The van der Waals surface area contributed by atoms with Crippen molar-refractivity contribution in [1.82, 2.24) is 4.57 Å². The van der Waals surface area contributed by atoms with E-state index >= 15 is 0 Å². The lowest BCUT2D eigenvalue weighted by atomic mass is 9.89. The van der Waals surface area contributed by atoms with Crippen LogP contribution >= 0.6 is 0 Å². The van der Waals surface area contributed by atoms with Gasteiger partial charge in [0.25, 0.3) is 0 Å². The minimum Gasteiger partial charge on any atom is -0.311 e. The summed E-state index contributed by atoms with van der Waals surface area (Å²) in [5.41, 5.74) is 9.79. The number of nitriles is 1. The molecule has 0 unspecified atom stereocenters. The molecule has 0 saturated heterocycles. The molecule has 0 bridgehead atoms. The van der Waals surface area contributed by atoms with Gasteiger partial charge in [-0.05, 0) is 111 Å². The topological polar surface area (TPSA) is 32.0 Å². The zero-order valence-corrected chi connectivity index (χ0v) is 27.1. The van der Waals surface area contributed by atoms with Crippen LogP contribution in [0.3, 0.4) is 0 Å². The Labute approximate surface area is 289 Å². The summed E-state index contributed by atoms with van der Waals surface area (Å²) in [6, 6.07) is 64.9. The van der Waals surface area contributed by atoms with E-state index in [0.29, 0.717) is 5.56 Å². The van der Waals surface area contributed by atoms with Crippen LogP contribution in [0.4, 0.5) is 17.1 Å². The van der Waals surface area contributed by atoms with Gasteiger partial charge in [0, 0.05) is 38.9 Å². The number of hydrogen-bond donors (Lipinski definition) is 0. The molecule has 3 heteroatoms. The van der Waals surface area contributed by atoms with Crippen LogP contribution in [-0.4, -0.2) is 4.57 Å². The molecule has 0 N–H and O–H groups in total. The van der Waals surface area contributed by atoms with Crippen LogP contribution in [-0.2, 0) is 0 Å². The third-order valence-electron chi connectivity index (χ3n) is 10.1. The van der Waals surface area contributed by atoms with Gasteiger partial charge in [0.2, 0.25) is 0 Å². The van der Waals surface area contributed by atoms with Crippen molar-refractivity contribution in [2.45, 2.75) is 0 Å².